The molecule has 0 aromatic heterocycles. The smallest absolute Gasteiger partial charge is 0.416 e. The van der Waals surface area contributed by atoms with E-state index in [1.807, 2.05) is 0 Å². The monoisotopic (exact) mass is 886 g/mol. The number of hydrogen-bond donors (Lipinski definition) is 0. The maximum Gasteiger partial charge on any atom is 0.460 e. The standard InChI is InChI=1S/C20H20F26O3Si3/c1-50(2)47-51(3,4)49-52(48-50,7-5-9(21,22)11(25,26)13(29,30)15(33,34)17(37,38)19(41,42)43)8-6-10(23,24)12(27,28)14(31,32)16(35,36)18(39,40)20(44,45)46/h5-8H2,1-4H3. The number of hydrogen-bond acceptors (Lipinski definition) is 3. The van der Waals surface area contributed by atoms with E-state index in [4.69, 9.17) is 12.3 Å². The van der Waals surface area contributed by atoms with Crippen molar-refractivity contribution in [3.63, 3.8) is 0 Å². The lowest BCUT2D eigenvalue weighted by molar-refractivity contribution is -0.440. The minimum absolute atomic E-state index is 0.785. The molecule has 0 radical (unpaired) electrons. The fraction of sp³-hybridized carbons (Fsp3) is 1.00. The summed E-state index contributed by atoms with van der Waals surface area (Å²) in [5.74, 6) is -79.7. The minimum atomic E-state index is -8.39. The van der Waals surface area contributed by atoms with Gasteiger partial charge < -0.3 is 12.3 Å². The van der Waals surface area contributed by atoms with Crippen LogP contribution in [0.3, 0.4) is 0 Å². The van der Waals surface area contributed by atoms with Crippen LogP contribution >= 0.6 is 0 Å². The zero-order valence-corrected chi connectivity index (χ0v) is 28.4. The number of halogens is 26. The molecule has 0 amide bonds. The van der Waals surface area contributed by atoms with Crippen molar-refractivity contribution in [2.24, 2.45) is 0 Å². The Balaban J connectivity index is 3.73. The second-order valence-corrected chi connectivity index (χ2v) is 22.9. The van der Waals surface area contributed by atoms with Crippen molar-refractivity contribution in [2.75, 3.05) is 0 Å². The Morgan fingerprint density at radius 2 is 0.519 bits per heavy atom. The second kappa shape index (κ2) is 12.9. The predicted octanol–water partition coefficient (Wildman–Crippen LogP) is 11.2. The van der Waals surface area contributed by atoms with E-state index in [1.165, 1.54) is 0 Å². The molecule has 0 aromatic rings. The van der Waals surface area contributed by atoms with Gasteiger partial charge in [-0.15, -0.1) is 0 Å². The molecule has 1 rings (SSSR count). The van der Waals surface area contributed by atoms with Crippen LogP contribution in [0.4, 0.5) is 114 Å². The average molecular weight is 887 g/mol. The molecule has 0 atom stereocenters. The Hall–Kier alpha value is -1.29. The van der Waals surface area contributed by atoms with Gasteiger partial charge in [0, 0.05) is 12.8 Å². The van der Waals surface area contributed by atoms with Crippen LogP contribution in [0.2, 0.25) is 38.3 Å². The molecule has 1 saturated heterocycles. The molecule has 0 bridgehead atoms. The van der Waals surface area contributed by atoms with Gasteiger partial charge in [0.1, 0.15) is 0 Å². The van der Waals surface area contributed by atoms with Crippen LogP contribution < -0.4 is 0 Å². The fourth-order valence-corrected chi connectivity index (χ4v) is 21.3. The summed E-state index contributed by atoms with van der Waals surface area (Å²) in [6, 6.07) is -4.77. The summed E-state index contributed by atoms with van der Waals surface area (Å²) in [7, 11) is -14.3. The van der Waals surface area contributed by atoms with Crippen molar-refractivity contribution in [3.05, 3.63) is 0 Å². The van der Waals surface area contributed by atoms with Crippen molar-refractivity contribution in [1.29, 1.82) is 0 Å². The highest BCUT2D eigenvalue weighted by Gasteiger charge is 2.92. The minimum Gasteiger partial charge on any atom is -0.416 e. The lowest BCUT2D eigenvalue weighted by Crippen LogP contribution is -2.71. The van der Waals surface area contributed by atoms with Crippen LogP contribution in [0.15, 0.2) is 0 Å². The molecule has 52 heavy (non-hydrogen) atoms. The van der Waals surface area contributed by atoms with Crippen LogP contribution in [0.5, 0.6) is 0 Å². The lowest BCUT2D eigenvalue weighted by atomic mass is 9.93. The van der Waals surface area contributed by atoms with Crippen LogP contribution in [0.1, 0.15) is 12.8 Å². The Morgan fingerprint density at radius 3 is 0.731 bits per heavy atom. The molecule has 0 aromatic carbocycles. The summed E-state index contributed by atoms with van der Waals surface area (Å²) >= 11 is 0. The van der Waals surface area contributed by atoms with E-state index in [0.29, 0.717) is 0 Å². The van der Waals surface area contributed by atoms with Gasteiger partial charge in [-0.2, -0.15) is 114 Å². The van der Waals surface area contributed by atoms with Crippen LogP contribution in [0, 0.1) is 0 Å². The normalized spacial score (nSPS) is 20.7. The molecule has 0 saturated carbocycles. The molecule has 1 aliphatic rings. The molecule has 32 heteroatoms. The van der Waals surface area contributed by atoms with E-state index >= 15 is 0 Å². The Morgan fingerprint density at radius 1 is 0.308 bits per heavy atom. The molecule has 0 N–H and O–H groups in total. The molecule has 312 valence electrons. The van der Waals surface area contributed by atoms with E-state index in [1.54, 1.807) is 0 Å². The van der Waals surface area contributed by atoms with Crippen molar-refractivity contribution in [1.82, 2.24) is 0 Å². The fourth-order valence-electron chi connectivity index (χ4n) is 4.49. The Bertz CT molecular complexity index is 1190. The molecular weight excluding hydrogens is 866 g/mol. The number of rotatable bonds is 14. The first kappa shape index (κ1) is 48.7. The SMILES string of the molecule is C[Si]1(C)O[Si](C)(C)O[Si](CCC(F)(F)C(F)(F)C(F)(F)C(F)(F)C(F)(F)C(F)(F)F)(CCC(F)(F)C(F)(F)C(F)(F)C(F)(F)C(F)(F)C(F)(F)F)O1. The van der Waals surface area contributed by atoms with Gasteiger partial charge in [0.15, 0.2) is 0 Å². The molecule has 1 heterocycles. The van der Waals surface area contributed by atoms with Crippen LogP contribution in [0.25, 0.3) is 0 Å². The van der Waals surface area contributed by atoms with Gasteiger partial charge in [-0.3, -0.25) is 0 Å². The second-order valence-electron chi connectivity index (χ2n) is 12.0. The van der Waals surface area contributed by atoms with Crippen molar-refractivity contribution < 1.29 is 126 Å². The van der Waals surface area contributed by atoms with E-state index in [0.717, 1.165) is 26.2 Å². The lowest BCUT2D eigenvalue weighted by Gasteiger charge is -2.50. The maximum absolute atomic E-state index is 14.6. The quantitative estimate of drug-likeness (QED) is 0.128. The van der Waals surface area contributed by atoms with Gasteiger partial charge in [-0.05, 0) is 38.3 Å². The van der Waals surface area contributed by atoms with E-state index in [-0.39, 0.29) is 0 Å². The maximum atomic E-state index is 14.6. The Labute approximate surface area is 275 Å². The summed E-state index contributed by atoms with van der Waals surface area (Å²) in [6.45, 7) is 3.14. The average Bonchev–Trinajstić information content (AvgIpc) is 2.87. The van der Waals surface area contributed by atoms with E-state index < -0.39 is 122 Å². The van der Waals surface area contributed by atoms with Gasteiger partial charge in [0.2, 0.25) is 0 Å². The molecule has 3 nitrogen and oxygen atoms in total. The highest BCUT2D eigenvalue weighted by Crippen LogP contribution is 2.63. The van der Waals surface area contributed by atoms with Crippen molar-refractivity contribution >= 4 is 25.7 Å². The molecule has 1 fully saturated rings. The first-order valence-corrected chi connectivity index (χ1v) is 20.9. The molecule has 0 unspecified atom stereocenters. The first-order chi connectivity index (χ1) is 22.0. The predicted molar refractivity (Wildman–Crippen MR) is 124 cm³/mol. The van der Waals surface area contributed by atoms with Crippen molar-refractivity contribution in [3.8, 4) is 0 Å². The summed E-state index contributed by atoms with van der Waals surface area (Å²) in [4.78, 5) is 0. The summed E-state index contributed by atoms with van der Waals surface area (Å²) < 4.78 is 367. The van der Waals surface area contributed by atoms with E-state index in [2.05, 4.69) is 0 Å². The third kappa shape index (κ3) is 7.61. The van der Waals surface area contributed by atoms with Gasteiger partial charge >= 0.3 is 97.3 Å². The summed E-state index contributed by atoms with van der Waals surface area (Å²) in [5, 5.41) is 0. The van der Waals surface area contributed by atoms with Gasteiger partial charge in [-0.1, -0.05) is 0 Å². The van der Waals surface area contributed by atoms with Crippen molar-refractivity contribution in [2.45, 2.75) is 123 Å². The van der Waals surface area contributed by atoms with Crippen LogP contribution in [-0.4, -0.2) is 97.3 Å². The highest BCUT2D eigenvalue weighted by atomic mass is 28.5. The molecule has 1 aliphatic heterocycles. The van der Waals surface area contributed by atoms with Crippen LogP contribution in [-0.2, 0) is 12.3 Å². The summed E-state index contributed by atoms with van der Waals surface area (Å²) in [6.07, 6.45) is -22.1. The molecular formula is C20H20F26O3Si3. The zero-order chi connectivity index (χ0) is 42.4. The highest BCUT2D eigenvalue weighted by molar-refractivity contribution is 6.93. The summed E-state index contributed by atoms with van der Waals surface area (Å²) in [5.41, 5.74) is 0. The molecule has 0 spiro atoms. The zero-order valence-electron chi connectivity index (χ0n) is 25.4. The topological polar surface area (TPSA) is 27.7 Å². The third-order valence-electron chi connectivity index (χ3n) is 6.99. The van der Waals surface area contributed by atoms with Gasteiger partial charge in [0.25, 0.3) is 0 Å². The largest absolute Gasteiger partial charge is 0.460 e. The number of alkyl halides is 26. The first-order valence-electron chi connectivity index (χ1n) is 13.1. The van der Waals surface area contributed by atoms with E-state index in [9.17, 15) is 114 Å². The Kier molecular flexibility index (Phi) is 12.1. The van der Waals surface area contributed by atoms with Gasteiger partial charge in [-0.25, -0.2) is 0 Å². The third-order valence-corrected chi connectivity index (χ3v) is 19.9. The molecule has 0 aliphatic carbocycles. The van der Waals surface area contributed by atoms with Gasteiger partial charge in [0.05, 0.1) is 0 Å².